The average Bonchev–Trinajstić information content (AvgIpc) is 2.40. The second-order valence-corrected chi connectivity index (χ2v) is 6.57. The van der Waals surface area contributed by atoms with Crippen molar-refractivity contribution in [3.05, 3.63) is 29.3 Å². The van der Waals surface area contributed by atoms with Crippen molar-refractivity contribution < 1.29 is 13.2 Å². The van der Waals surface area contributed by atoms with Crippen molar-refractivity contribution in [3.8, 4) is 0 Å². The number of hydrogen-bond donors (Lipinski definition) is 1. The van der Waals surface area contributed by atoms with Gasteiger partial charge in [-0.3, -0.25) is 4.79 Å². The van der Waals surface area contributed by atoms with Crippen LogP contribution in [0.3, 0.4) is 0 Å². The minimum atomic E-state index is -3.55. The molecule has 0 saturated carbocycles. The predicted octanol–water partition coefficient (Wildman–Crippen LogP) is 1.45. The Bertz CT molecular complexity index is 582. The molecule has 1 rings (SSSR count). The zero-order valence-corrected chi connectivity index (χ0v) is 13.3. The highest BCUT2D eigenvalue weighted by molar-refractivity contribution is 7.89. The van der Waals surface area contributed by atoms with Gasteiger partial charge in [0.25, 0.3) is 0 Å². The average molecular weight is 298 g/mol. The number of nitrogens with one attached hydrogen (secondary N) is 1. The first-order chi connectivity index (χ1) is 9.27. The maximum absolute atomic E-state index is 12.1. The lowest BCUT2D eigenvalue weighted by Gasteiger charge is -2.14. The third-order valence-corrected chi connectivity index (χ3v) is 4.78. The Morgan fingerprint density at radius 1 is 1.25 bits per heavy atom. The zero-order chi connectivity index (χ0) is 15.3. The quantitative estimate of drug-likeness (QED) is 0.864. The van der Waals surface area contributed by atoms with Gasteiger partial charge < -0.3 is 4.90 Å². The number of hydrogen-bond acceptors (Lipinski definition) is 3. The van der Waals surface area contributed by atoms with Crippen LogP contribution < -0.4 is 4.72 Å². The number of aryl methyl sites for hydroxylation is 2. The van der Waals surface area contributed by atoms with Gasteiger partial charge in [-0.2, -0.15) is 0 Å². The number of carbonyl (C=O) groups is 1. The van der Waals surface area contributed by atoms with E-state index in [0.717, 1.165) is 11.1 Å². The van der Waals surface area contributed by atoms with E-state index in [4.69, 9.17) is 0 Å². The second-order valence-electron chi connectivity index (χ2n) is 4.80. The van der Waals surface area contributed by atoms with Crippen molar-refractivity contribution in [2.75, 3.05) is 20.1 Å². The number of benzene rings is 1. The minimum Gasteiger partial charge on any atom is -0.346 e. The van der Waals surface area contributed by atoms with E-state index in [-0.39, 0.29) is 23.8 Å². The number of nitrogens with zero attached hydrogens (tertiary/aromatic N) is 1. The summed E-state index contributed by atoms with van der Waals surface area (Å²) >= 11 is 0. The van der Waals surface area contributed by atoms with Gasteiger partial charge in [0.2, 0.25) is 15.9 Å². The van der Waals surface area contributed by atoms with E-state index in [2.05, 4.69) is 4.72 Å². The fraction of sp³-hybridized carbons (Fsp3) is 0.500. The molecular weight excluding hydrogens is 276 g/mol. The highest BCUT2D eigenvalue weighted by Gasteiger charge is 2.15. The molecule has 0 radical (unpaired) electrons. The van der Waals surface area contributed by atoms with Gasteiger partial charge in [0.05, 0.1) is 4.90 Å². The van der Waals surface area contributed by atoms with Crippen LogP contribution in [0.1, 0.15) is 24.5 Å². The maximum Gasteiger partial charge on any atom is 0.240 e. The molecule has 0 saturated heterocycles. The van der Waals surface area contributed by atoms with Crippen LogP contribution in [-0.4, -0.2) is 39.4 Å². The molecule has 0 unspecified atom stereocenters. The summed E-state index contributed by atoms with van der Waals surface area (Å²) in [5.74, 6) is -0.0738. The molecule has 6 heteroatoms. The Morgan fingerprint density at radius 3 is 2.45 bits per heavy atom. The molecule has 0 heterocycles. The van der Waals surface area contributed by atoms with E-state index in [0.29, 0.717) is 6.54 Å². The smallest absolute Gasteiger partial charge is 0.240 e. The van der Waals surface area contributed by atoms with Gasteiger partial charge >= 0.3 is 0 Å². The van der Waals surface area contributed by atoms with Crippen LogP contribution in [0, 0.1) is 13.8 Å². The predicted molar refractivity (Wildman–Crippen MR) is 79.0 cm³/mol. The maximum atomic E-state index is 12.1. The third-order valence-electron chi connectivity index (χ3n) is 3.32. The molecule has 1 aromatic carbocycles. The fourth-order valence-electron chi connectivity index (χ4n) is 1.62. The molecule has 0 aliphatic heterocycles. The van der Waals surface area contributed by atoms with Crippen molar-refractivity contribution in [1.29, 1.82) is 0 Å². The molecule has 0 spiro atoms. The van der Waals surface area contributed by atoms with Crippen molar-refractivity contribution in [2.24, 2.45) is 0 Å². The van der Waals surface area contributed by atoms with Crippen LogP contribution in [0.25, 0.3) is 0 Å². The van der Waals surface area contributed by atoms with Crippen LogP contribution in [0.5, 0.6) is 0 Å². The third kappa shape index (κ3) is 4.31. The Morgan fingerprint density at radius 2 is 1.90 bits per heavy atom. The highest BCUT2D eigenvalue weighted by Crippen LogP contribution is 2.14. The summed E-state index contributed by atoms with van der Waals surface area (Å²) in [6.07, 6.45) is 0.161. The largest absolute Gasteiger partial charge is 0.346 e. The van der Waals surface area contributed by atoms with Gasteiger partial charge in [-0.1, -0.05) is 6.07 Å². The van der Waals surface area contributed by atoms with Gasteiger partial charge in [0.15, 0.2) is 0 Å². The normalized spacial score (nSPS) is 11.4. The Hall–Kier alpha value is -1.40. The van der Waals surface area contributed by atoms with Crippen LogP contribution in [0.15, 0.2) is 23.1 Å². The molecule has 1 amide bonds. The van der Waals surface area contributed by atoms with E-state index in [1.165, 1.54) is 0 Å². The molecule has 5 nitrogen and oxygen atoms in total. The molecule has 0 bridgehead atoms. The van der Waals surface area contributed by atoms with E-state index in [9.17, 15) is 13.2 Å². The number of carbonyl (C=O) groups excluding carboxylic acids is 1. The Labute approximate surface area is 121 Å². The fourth-order valence-corrected chi connectivity index (χ4v) is 2.74. The molecule has 112 valence electrons. The molecular formula is C14H22N2O3S. The lowest BCUT2D eigenvalue weighted by atomic mass is 10.1. The van der Waals surface area contributed by atoms with Gasteiger partial charge in [-0.25, -0.2) is 13.1 Å². The highest BCUT2D eigenvalue weighted by atomic mass is 32.2. The summed E-state index contributed by atoms with van der Waals surface area (Å²) in [4.78, 5) is 13.4. The van der Waals surface area contributed by atoms with E-state index < -0.39 is 10.0 Å². The van der Waals surface area contributed by atoms with E-state index in [1.807, 2.05) is 20.8 Å². The summed E-state index contributed by atoms with van der Waals surface area (Å²) in [7, 11) is -1.85. The summed E-state index contributed by atoms with van der Waals surface area (Å²) in [5.41, 5.74) is 1.97. The molecule has 0 aliphatic carbocycles. The summed E-state index contributed by atoms with van der Waals surface area (Å²) in [5, 5.41) is 0. The zero-order valence-electron chi connectivity index (χ0n) is 12.4. The summed E-state index contributed by atoms with van der Waals surface area (Å²) in [6.45, 7) is 6.39. The van der Waals surface area contributed by atoms with Crippen molar-refractivity contribution in [1.82, 2.24) is 9.62 Å². The van der Waals surface area contributed by atoms with Gasteiger partial charge in [-0.05, 0) is 44.0 Å². The first-order valence-electron chi connectivity index (χ1n) is 6.59. The molecule has 0 aromatic heterocycles. The number of amides is 1. The first kappa shape index (κ1) is 16.7. The van der Waals surface area contributed by atoms with Gasteiger partial charge in [-0.15, -0.1) is 0 Å². The molecule has 0 fully saturated rings. The van der Waals surface area contributed by atoms with Crippen molar-refractivity contribution in [2.45, 2.75) is 32.1 Å². The second kappa shape index (κ2) is 6.85. The number of rotatable bonds is 6. The van der Waals surface area contributed by atoms with Gasteiger partial charge in [0.1, 0.15) is 0 Å². The molecule has 1 aromatic rings. The van der Waals surface area contributed by atoms with Gasteiger partial charge in [0, 0.05) is 26.6 Å². The van der Waals surface area contributed by atoms with E-state index >= 15 is 0 Å². The standard InChI is InChI=1S/C14H22N2O3S/c1-5-16(4)14(17)8-9-15-20(18,19)13-7-6-11(2)12(3)10-13/h6-7,10,15H,5,8-9H2,1-4H3. The molecule has 1 N–H and O–H groups in total. The van der Waals surface area contributed by atoms with Crippen LogP contribution in [0.4, 0.5) is 0 Å². The molecule has 20 heavy (non-hydrogen) atoms. The van der Waals surface area contributed by atoms with E-state index in [1.54, 1.807) is 30.1 Å². The lowest BCUT2D eigenvalue weighted by molar-refractivity contribution is -0.129. The topological polar surface area (TPSA) is 66.5 Å². The first-order valence-corrected chi connectivity index (χ1v) is 8.07. The summed E-state index contributed by atoms with van der Waals surface area (Å²) in [6, 6.07) is 4.99. The molecule has 0 atom stereocenters. The monoisotopic (exact) mass is 298 g/mol. The number of sulfonamides is 1. The minimum absolute atomic E-state index is 0.0738. The van der Waals surface area contributed by atoms with Crippen molar-refractivity contribution in [3.63, 3.8) is 0 Å². The molecule has 0 aliphatic rings. The van der Waals surface area contributed by atoms with Crippen LogP contribution >= 0.6 is 0 Å². The lowest BCUT2D eigenvalue weighted by Crippen LogP contribution is -2.32. The summed E-state index contributed by atoms with van der Waals surface area (Å²) < 4.78 is 26.6. The Kier molecular flexibility index (Phi) is 5.71. The van der Waals surface area contributed by atoms with Crippen molar-refractivity contribution >= 4 is 15.9 Å². The Balaban J connectivity index is 2.66. The van der Waals surface area contributed by atoms with Crippen LogP contribution in [-0.2, 0) is 14.8 Å². The van der Waals surface area contributed by atoms with Crippen LogP contribution in [0.2, 0.25) is 0 Å². The SMILES string of the molecule is CCN(C)C(=O)CCNS(=O)(=O)c1ccc(C)c(C)c1.